The number of rotatable bonds is 3. The van der Waals surface area contributed by atoms with E-state index < -0.39 is 12.0 Å². The monoisotopic (exact) mass is 464 g/mol. The third-order valence-corrected chi connectivity index (χ3v) is 6.92. The third kappa shape index (κ3) is 3.67. The average Bonchev–Trinajstić information content (AvgIpc) is 3.06. The van der Waals surface area contributed by atoms with Gasteiger partial charge in [-0.15, -0.1) is 0 Å². The van der Waals surface area contributed by atoms with Crippen LogP contribution in [0.15, 0.2) is 100 Å². The molecule has 4 aromatic rings. The van der Waals surface area contributed by atoms with Crippen molar-refractivity contribution in [2.75, 3.05) is 17.7 Å². The van der Waals surface area contributed by atoms with Gasteiger partial charge >= 0.3 is 0 Å². The lowest BCUT2D eigenvalue weighted by molar-refractivity contribution is -0.122. The molecule has 0 amide bonds. The molecule has 3 aromatic carbocycles. The van der Waals surface area contributed by atoms with Crippen LogP contribution >= 0.6 is 0 Å². The summed E-state index contributed by atoms with van der Waals surface area (Å²) in [5.74, 6) is 0.205. The van der Waals surface area contributed by atoms with Crippen LogP contribution in [0.4, 0.5) is 11.4 Å². The molecule has 3 unspecified atom stereocenters. The lowest BCUT2D eigenvalue weighted by atomic mass is 9.76. The number of hydrogen-bond donors (Lipinski definition) is 2. The van der Waals surface area contributed by atoms with Gasteiger partial charge in [-0.05, 0) is 42.0 Å². The number of allylic oxidation sites excluding steroid dienone is 1. The number of fused-ring (bicyclic) bond motifs is 3. The molecule has 6 nitrogen and oxygen atoms in total. The second-order valence-electron chi connectivity index (χ2n) is 8.96. The smallest absolute Gasteiger partial charge is 0.197 e. The number of ketones is 1. The van der Waals surface area contributed by atoms with Crippen LogP contribution in [0.1, 0.15) is 29.5 Å². The first kappa shape index (κ1) is 21.2. The molecule has 2 aliphatic rings. The summed E-state index contributed by atoms with van der Waals surface area (Å²) in [7, 11) is 1.63. The summed E-state index contributed by atoms with van der Waals surface area (Å²) in [4.78, 5) is 27.2. The van der Waals surface area contributed by atoms with E-state index >= 15 is 0 Å². The molecule has 0 saturated heterocycles. The Kier molecular flexibility index (Phi) is 5.14. The molecular formula is C29H24N2O4. The molecular weight excluding hydrogens is 440 g/mol. The van der Waals surface area contributed by atoms with Crippen LogP contribution in [0.5, 0.6) is 5.75 Å². The molecule has 1 aliphatic heterocycles. The van der Waals surface area contributed by atoms with Crippen molar-refractivity contribution in [1.82, 2.24) is 0 Å². The number of hydrogen-bond acceptors (Lipinski definition) is 6. The van der Waals surface area contributed by atoms with E-state index in [2.05, 4.69) is 16.7 Å². The molecule has 6 heteroatoms. The first-order valence-corrected chi connectivity index (χ1v) is 11.6. The van der Waals surface area contributed by atoms with E-state index in [0.717, 1.165) is 28.4 Å². The number of methoxy groups -OCH3 is 1. The maximum absolute atomic E-state index is 13.7. The third-order valence-electron chi connectivity index (χ3n) is 6.92. The first-order chi connectivity index (χ1) is 17.1. The number of anilines is 2. The molecule has 0 saturated carbocycles. The summed E-state index contributed by atoms with van der Waals surface area (Å²) in [6, 6.07) is 22.2. The Morgan fingerprint density at radius 1 is 0.914 bits per heavy atom. The number of para-hydroxylation sites is 3. The van der Waals surface area contributed by atoms with Gasteiger partial charge in [-0.1, -0.05) is 42.5 Å². The molecule has 0 radical (unpaired) electrons. The fourth-order valence-corrected chi connectivity index (χ4v) is 5.14. The lowest BCUT2D eigenvalue weighted by Crippen LogP contribution is -2.35. The van der Waals surface area contributed by atoms with Gasteiger partial charge in [0.1, 0.15) is 23.4 Å². The molecule has 0 spiro atoms. The van der Waals surface area contributed by atoms with Crippen molar-refractivity contribution in [3.8, 4) is 5.75 Å². The van der Waals surface area contributed by atoms with Crippen LogP contribution in [-0.2, 0) is 4.79 Å². The van der Waals surface area contributed by atoms with Gasteiger partial charge in [-0.2, -0.15) is 0 Å². The van der Waals surface area contributed by atoms with Crippen LogP contribution in [0.2, 0.25) is 0 Å². The Morgan fingerprint density at radius 2 is 1.66 bits per heavy atom. The Hall–Kier alpha value is -4.32. The largest absolute Gasteiger partial charge is 0.497 e. The Balaban J connectivity index is 1.49. The Labute approximate surface area is 202 Å². The molecule has 3 atom stereocenters. The molecule has 174 valence electrons. The summed E-state index contributed by atoms with van der Waals surface area (Å²) in [6.07, 6.45) is 3.96. The number of ether oxygens (including phenoxy) is 1. The first-order valence-electron chi connectivity index (χ1n) is 11.6. The Bertz CT molecular complexity index is 1520. The van der Waals surface area contributed by atoms with Crippen LogP contribution < -0.4 is 20.8 Å². The zero-order chi connectivity index (χ0) is 23.9. The maximum atomic E-state index is 13.7. The van der Waals surface area contributed by atoms with Gasteiger partial charge in [0.25, 0.3) is 0 Å². The summed E-state index contributed by atoms with van der Waals surface area (Å²) < 4.78 is 11.1. The molecule has 2 N–H and O–H groups in total. The average molecular weight is 465 g/mol. The molecule has 1 aliphatic carbocycles. The topological polar surface area (TPSA) is 80.6 Å². The zero-order valence-electron chi connectivity index (χ0n) is 19.2. The molecule has 6 rings (SSSR count). The van der Waals surface area contributed by atoms with Crippen LogP contribution in [0.3, 0.4) is 0 Å². The van der Waals surface area contributed by atoms with Crippen molar-refractivity contribution < 1.29 is 13.9 Å². The van der Waals surface area contributed by atoms with E-state index in [9.17, 15) is 9.59 Å². The molecule has 35 heavy (non-hydrogen) atoms. The van der Waals surface area contributed by atoms with E-state index in [4.69, 9.17) is 9.15 Å². The van der Waals surface area contributed by atoms with Gasteiger partial charge < -0.3 is 19.8 Å². The van der Waals surface area contributed by atoms with Gasteiger partial charge in [-0.3, -0.25) is 9.59 Å². The molecule has 2 heterocycles. The second-order valence-corrected chi connectivity index (χ2v) is 8.96. The quantitative estimate of drug-likeness (QED) is 0.409. The SMILES string of the molecule is COc1ccc(C2C=C3Nc4ccccc4NC(c4coc5ccccc5c4=O)C3C(=O)C2)cc1. The molecule has 1 aromatic heterocycles. The van der Waals surface area contributed by atoms with Gasteiger partial charge in [0.05, 0.1) is 41.4 Å². The fourth-order valence-electron chi connectivity index (χ4n) is 5.14. The molecule has 0 fully saturated rings. The zero-order valence-corrected chi connectivity index (χ0v) is 19.2. The van der Waals surface area contributed by atoms with Crippen LogP contribution in [-0.4, -0.2) is 12.9 Å². The van der Waals surface area contributed by atoms with Crippen molar-refractivity contribution in [3.63, 3.8) is 0 Å². The predicted octanol–water partition coefficient (Wildman–Crippen LogP) is 5.64. The van der Waals surface area contributed by atoms with Crippen LogP contribution in [0, 0.1) is 5.92 Å². The van der Waals surface area contributed by atoms with E-state index in [-0.39, 0.29) is 17.1 Å². The number of carbonyl (C=O) groups is 1. The standard InChI is InChI=1S/C29H24N2O4/c1-34-19-12-10-17(11-13-19)18-14-24-27(25(32)15-18)28(31-23-8-4-3-7-22(23)30-24)21-16-35-26-9-5-2-6-20(26)29(21)33/h2-14,16,18,27-28,30-31H,15H2,1H3. The van der Waals surface area contributed by atoms with E-state index in [1.807, 2.05) is 60.7 Å². The summed E-state index contributed by atoms with van der Waals surface area (Å²) >= 11 is 0. The minimum Gasteiger partial charge on any atom is -0.497 e. The highest BCUT2D eigenvalue weighted by molar-refractivity contribution is 5.91. The van der Waals surface area contributed by atoms with Crippen molar-refractivity contribution in [1.29, 1.82) is 0 Å². The van der Waals surface area contributed by atoms with Crippen molar-refractivity contribution >= 4 is 28.1 Å². The number of Topliss-reactive ketones (excluding diaryl/α,β-unsaturated/α-hetero) is 1. The van der Waals surface area contributed by atoms with E-state index in [1.54, 1.807) is 19.2 Å². The minimum atomic E-state index is -0.567. The van der Waals surface area contributed by atoms with Gasteiger partial charge in [0.2, 0.25) is 0 Å². The van der Waals surface area contributed by atoms with Gasteiger partial charge in [-0.25, -0.2) is 0 Å². The van der Waals surface area contributed by atoms with Crippen molar-refractivity contribution in [2.45, 2.75) is 18.4 Å². The number of carbonyl (C=O) groups excluding carboxylic acids is 1. The highest BCUT2D eigenvalue weighted by Crippen LogP contribution is 2.44. The lowest BCUT2D eigenvalue weighted by Gasteiger charge is -2.32. The van der Waals surface area contributed by atoms with Gasteiger partial charge in [0, 0.05) is 18.0 Å². The van der Waals surface area contributed by atoms with Crippen molar-refractivity contribution in [2.24, 2.45) is 5.92 Å². The minimum absolute atomic E-state index is 0.0636. The summed E-state index contributed by atoms with van der Waals surface area (Å²) in [6.45, 7) is 0. The normalized spacial score (nSPS) is 21.1. The molecule has 0 bridgehead atoms. The van der Waals surface area contributed by atoms with Crippen LogP contribution in [0.25, 0.3) is 11.0 Å². The second kappa shape index (κ2) is 8.47. The maximum Gasteiger partial charge on any atom is 0.197 e. The fraction of sp³-hybridized carbons (Fsp3) is 0.172. The van der Waals surface area contributed by atoms with Crippen molar-refractivity contribution in [3.05, 3.63) is 112 Å². The van der Waals surface area contributed by atoms with E-state index in [0.29, 0.717) is 23.0 Å². The number of benzene rings is 3. The summed E-state index contributed by atoms with van der Waals surface area (Å²) in [5, 5.41) is 7.47. The Morgan fingerprint density at radius 3 is 2.46 bits per heavy atom. The highest BCUT2D eigenvalue weighted by Gasteiger charge is 2.41. The van der Waals surface area contributed by atoms with E-state index in [1.165, 1.54) is 6.26 Å². The summed E-state index contributed by atoms with van der Waals surface area (Å²) in [5.41, 5.74) is 4.35. The predicted molar refractivity (Wildman–Crippen MR) is 136 cm³/mol. The number of nitrogens with one attached hydrogen (secondary N) is 2. The highest BCUT2D eigenvalue weighted by atomic mass is 16.5. The van der Waals surface area contributed by atoms with Gasteiger partial charge in [0.15, 0.2) is 5.43 Å².